The summed E-state index contributed by atoms with van der Waals surface area (Å²) in [4.78, 5) is 10.5. The van der Waals surface area contributed by atoms with Crippen LogP contribution in [-0.4, -0.2) is 67.1 Å². The van der Waals surface area contributed by atoms with Crippen LogP contribution in [-0.2, 0) is 6.18 Å². The van der Waals surface area contributed by atoms with Gasteiger partial charge in [0.25, 0.3) is 0 Å². The quantitative estimate of drug-likeness (QED) is 0.831. The molecule has 0 amide bonds. The highest BCUT2D eigenvalue weighted by molar-refractivity contribution is 5.48. The lowest BCUT2D eigenvalue weighted by atomic mass is 10.0. The minimum Gasteiger partial charge on any atom is -0.354 e. The van der Waals surface area contributed by atoms with Gasteiger partial charge in [-0.1, -0.05) is 0 Å². The number of piperazine rings is 1. The number of hydrogen-bond donors (Lipinski definition) is 0. The van der Waals surface area contributed by atoms with Crippen LogP contribution in [0.15, 0.2) is 18.3 Å². The zero-order valence-corrected chi connectivity index (χ0v) is 13.4. The van der Waals surface area contributed by atoms with Crippen LogP contribution in [0.3, 0.4) is 0 Å². The van der Waals surface area contributed by atoms with Gasteiger partial charge in [0.2, 0.25) is 0 Å². The van der Waals surface area contributed by atoms with Gasteiger partial charge in [0.1, 0.15) is 5.82 Å². The second-order valence-corrected chi connectivity index (χ2v) is 6.45. The fraction of sp³-hybridized carbons (Fsp3) is 0.688. The van der Waals surface area contributed by atoms with E-state index < -0.39 is 11.7 Å². The van der Waals surface area contributed by atoms with E-state index >= 15 is 0 Å². The number of rotatable bonds is 2. The molecule has 0 radical (unpaired) electrons. The normalized spacial score (nSPS) is 24.9. The van der Waals surface area contributed by atoms with E-state index in [1.54, 1.807) is 4.90 Å². The van der Waals surface area contributed by atoms with Gasteiger partial charge in [-0.25, -0.2) is 4.98 Å². The molecule has 7 heteroatoms. The van der Waals surface area contributed by atoms with Crippen molar-refractivity contribution in [1.29, 1.82) is 0 Å². The van der Waals surface area contributed by atoms with Gasteiger partial charge < -0.3 is 9.80 Å². The summed E-state index contributed by atoms with van der Waals surface area (Å²) in [5.74, 6) is 0.0698. The molecule has 2 aliphatic rings. The summed E-state index contributed by atoms with van der Waals surface area (Å²) in [7, 11) is 2.13. The molecule has 0 aromatic carbocycles. The predicted molar refractivity (Wildman–Crippen MR) is 83.5 cm³/mol. The number of anilines is 1. The lowest BCUT2D eigenvalue weighted by Gasteiger charge is -2.43. The smallest absolute Gasteiger partial charge is 0.354 e. The molecule has 0 aliphatic carbocycles. The highest BCUT2D eigenvalue weighted by Crippen LogP contribution is 2.35. The van der Waals surface area contributed by atoms with Gasteiger partial charge in [-0.3, -0.25) is 4.90 Å². The number of nitrogens with zero attached hydrogens (tertiary/aromatic N) is 4. The summed E-state index contributed by atoms with van der Waals surface area (Å²) in [6.07, 6.45) is -0.540. The maximum absolute atomic E-state index is 13.1. The standard InChI is InChI=1S/C16H23F3N4/c1-21-7-3-4-13(12-21)22-8-10-23(11-9-22)15-14(16(17,18)19)5-2-6-20-15/h2,5-6,13H,3-4,7-12H2,1H3. The molecule has 1 atom stereocenters. The first kappa shape index (κ1) is 16.5. The third kappa shape index (κ3) is 3.77. The number of pyridine rings is 1. The molecule has 0 N–H and O–H groups in total. The molecule has 3 heterocycles. The topological polar surface area (TPSA) is 22.6 Å². The van der Waals surface area contributed by atoms with Gasteiger partial charge >= 0.3 is 6.18 Å². The average molecular weight is 328 g/mol. The molecule has 1 aromatic heterocycles. The van der Waals surface area contributed by atoms with Crippen molar-refractivity contribution in [3.05, 3.63) is 23.9 Å². The first-order valence-electron chi connectivity index (χ1n) is 8.15. The fourth-order valence-electron chi connectivity index (χ4n) is 3.61. The van der Waals surface area contributed by atoms with E-state index in [2.05, 4.69) is 21.8 Å². The van der Waals surface area contributed by atoms with Gasteiger partial charge in [0.05, 0.1) is 5.56 Å². The van der Waals surface area contributed by atoms with Crippen LogP contribution < -0.4 is 4.90 Å². The lowest BCUT2D eigenvalue weighted by Crippen LogP contribution is -2.54. The Morgan fingerprint density at radius 3 is 2.52 bits per heavy atom. The Labute approximate surface area is 134 Å². The van der Waals surface area contributed by atoms with E-state index in [9.17, 15) is 13.2 Å². The third-order valence-electron chi connectivity index (χ3n) is 4.82. The molecule has 2 saturated heterocycles. The molecule has 2 fully saturated rings. The number of hydrogen-bond acceptors (Lipinski definition) is 4. The first-order valence-corrected chi connectivity index (χ1v) is 8.15. The van der Waals surface area contributed by atoms with E-state index in [-0.39, 0.29) is 5.82 Å². The van der Waals surface area contributed by atoms with E-state index in [1.165, 1.54) is 25.1 Å². The zero-order chi connectivity index (χ0) is 16.4. The van der Waals surface area contributed by atoms with Crippen LogP contribution in [0.2, 0.25) is 0 Å². The van der Waals surface area contributed by atoms with E-state index in [4.69, 9.17) is 0 Å². The monoisotopic (exact) mass is 328 g/mol. The van der Waals surface area contributed by atoms with E-state index in [0.29, 0.717) is 19.1 Å². The van der Waals surface area contributed by atoms with Crippen LogP contribution in [0.1, 0.15) is 18.4 Å². The van der Waals surface area contributed by atoms with Crippen LogP contribution in [0.4, 0.5) is 19.0 Å². The van der Waals surface area contributed by atoms with Crippen LogP contribution in [0.25, 0.3) is 0 Å². The average Bonchev–Trinajstić information content (AvgIpc) is 2.54. The summed E-state index contributed by atoms with van der Waals surface area (Å²) in [6.45, 7) is 4.98. The zero-order valence-electron chi connectivity index (χ0n) is 13.4. The van der Waals surface area contributed by atoms with Crippen molar-refractivity contribution >= 4 is 5.82 Å². The Kier molecular flexibility index (Phi) is 4.77. The number of aromatic nitrogens is 1. The minimum absolute atomic E-state index is 0.0698. The molecule has 1 unspecified atom stereocenters. The summed E-state index contributed by atoms with van der Waals surface area (Å²) >= 11 is 0. The summed E-state index contributed by atoms with van der Waals surface area (Å²) < 4.78 is 39.4. The molecule has 1 aromatic rings. The molecular weight excluding hydrogens is 305 g/mol. The molecule has 128 valence electrons. The summed E-state index contributed by atoms with van der Waals surface area (Å²) in [6, 6.07) is 2.99. The van der Waals surface area contributed by atoms with Crippen molar-refractivity contribution in [1.82, 2.24) is 14.8 Å². The fourth-order valence-corrected chi connectivity index (χ4v) is 3.61. The van der Waals surface area contributed by atoms with E-state index in [0.717, 1.165) is 32.2 Å². The van der Waals surface area contributed by atoms with Crippen molar-refractivity contribution in [2.45, 2.75) is 25.1 Å². The first-order chi connectivity index (χ1) is 10.9. The molecule has 0 bridgehead atoms. The number of halogens is 3. The number of likely N-dealkylation sites (tertiary alicyclic amines) is 1. The van der Waals surface area contributed by atoms with Gasteiger partial charge in [0, 0.05) is 45.0 Å². The van der Waals surface area contributed by atoms with Crippen LogP contribution in [0.5, 0.6) is 0 Å². The predicted octanol–water partition coefficient (Wildman–Crippen LogP) is 2.32. The maximum Gasteiger partial charge on any atom is 0.419 e. The Morgan fingerprint density at radius 2 is 1.87 bits per heavy atom. The molecule has 0 saturated carbocycles. The van der Waals surface area contributed by atoms with Crippen molar-refractivity contribution in [3.63, 3.8) is 0 Å². The third-order valence-corrected chi connectivity index (χ3v) is 4.82. The minimum atomic E-state index is -4.35. The van der Waals surface area contributed by atoms with E-state index in [1.807, 2.05) is 0 Å². The van der Waals surface area contributed by atoms with Crippen LogP contribution in [0, 0.1) is 0 Å². The molecule has 23 heavy (non-hydrogen) atoms. The second-order valence-electron chi connectivity index (χ2n) is 6.45. The highest BCUT2D eigenvalue weighted by atomic mass is 19.4. The second kappa shape index (κ2) is 6.65. The van der Waals surface area contributed by atoms with Crippen molar-refractivity contribution < 1.29 is 13.2 Å². The van der Waals surface area contributed by atoms with Gasteiger partial charge in [0.15, 0.2) is 0 Å². The maximum atomic E-state index is 13.1. The lowest BCUT2D eigenvalue weighted by molar-refractivity contribution is -0.137. The van der Waals surface area contributed by atoms with Gasteiger partial charge in [-0.2, -0.15) is 13.2 Å². The number of piperidine rings is 1. The van der Waals surface area contributed by atoms with Gasteiger partial charge in [-0.05, 0) is 38.6 Å². The number of alkyl halides is 3. The van der Waals surface area contributed by atoms with Crippen molar-refractivity contribution in [2.24, 2.45) is 0 Å². The molecule has 4 nitrogen and oxygen atoms in total. The molecule has 0 spiro atoms. The summed E-state index contributed by atoms with van der Waals surface area (Å²) in [5, 5.41) is 0. The number of likely N-dealkylation sites (N-methyl/N-ethyl adjacent to an activating group) is 1. The SMILES string of the molecule is CN1CCCC(N2CCN(c3ncccc3C(F)(F)F)CC2)C1. The highest BCUT2D eigenvalue weighted by Gasteiger charge is 2.36. The summed E-state index contributed by atoms with van der Waals surface area (Å²) in [5.41, 5.74) is -0.633. The van der Waals surface area contributed by atoms with Crippen molar-refractivity contribution in [2.75, 3.05) is 51.2 Å². The molecular formula is C16H23F3N4. The Hall–Kier alpha value is -1.34. The Morgan fingerprint density at radius 1 is 1.13 bits per heavy atom. The van der Waals surface area contributed by atoms with Gasteiger partial charge in [-0.15, -0.1) is 0 Å². The largest absolute Gasteiger partial charge is 0.419 e. The Balaban J connectivity index is 1.65. The molecule has 3 rings (SSSR count). The Bertz CT molecular complexity index is 526. The van der Waals surface area contributed by atoms with Crippen molar-refractivity contribution in [3.8, 4) is 0 Å². The van der Waals surface area contributed by atoms with Crippen LogP contribution >= 0.6 is 0 Å². The molecule has 2 aliphatic heterocycles.